The topological polar surface area (TPSA) is 81.7 Å². The minimum Gasteiger partial charge on any atom is -0.454 e. The average Bonchev–Trinajstić information content (AvgIpc) is 3.33. The predicted molar refractivity (Wildman–Crippen MR) is 89.3 cm³/mol. The minimum atomic E-state index is -0.180. The molecule has 2 aliphatic rings. The molecule has 7 nitrogen and oxygen atoms in total. The number of nitrogens with one attached hydrogen (secondary N) is 2. The maximum Gasteiger partial charge on any atom is 0.270 e. The molecule has 1 amide bonds. The highest BCUT2D eigenvalue weighted by Gasteiger charge is 2.18. The van der Waals surface area contributed by atoms with Crippen LogP contribution in [0.2, 0.25) is 0 Å². The van der Waals surface area contributed by atoms with Crippen molar-refractivity contribution in [2.75, 3.05) is 25.3 Å². The van der Waals surface area contributed by atoms with Crippen molar-refractivity contribution >= 4 is 28.1 Å². The summed E-state index contributed by atoms with van der Waals surface area (Å²) < 4.78 is 16.1. The van der Waals surface area contributed by atoms with Crippen LogP contribution in [0.1, 0.15) is 23.3 Å². The van der Waals surface area contributed by atoms with Gasteiger partial charge in [-0.1, -0.05) is 0 Å². The molecule has 2 aliphatic heterocycles. The molecule has 0 saturated carbocycles. The summed E-state index contributed by atoms with van der Waals surface area (Å²) in [5.74, 6) is 1.25. The number of nitrogens with zero attached hydrogens (tertiary/aromatic N) is 1. The molecule has 1 fully saturated rings. The molecular formula is C16H17N3O4S. The van der Waals surface area contributed by atoms with E-state index in [2.05, 4.69) is 15.6 Å². The smallest absolute Gasteiger partial charge is 0.270 e. The van der Waals surface area contributed by atoms with Crippen molar-refractivity contribution in [3.63, 3.8) is 0 Å². The maximum atomic E-state index is 12.1. The number of carbonyl (C=O) groups excluding carboxylic acids is 1. The van der Waals surface area contributed by atoms with Crippen molar-refractivity contribution in [1.29, 1.82) is 0 Å². The first kappa shape index (κ1) is 15.2. The first-order valence-electron chi connectivity index (χ1n) is 7.80. The molecule has 1 saturated heterocycles. The fourth-order valence-corrected chi connectivity index (χ4v) is 3.35. The third-order valence-corrected chi connectivity index (χ3v) is 4.63. The van der Waals surface area contributed by atoms with Gasteiger partial charge < -0.3 is 24.8 Å². The Bertz CT molecular complexity index is 743. The molecule has 1 unspecified atom stereocenters. The molecule has 0 bridgehead atoms. The number of anilines is 2. The molecule has 1 aromatic heterocycles. The Morgan fingerprint density at radius 3 is 3.12 bits per heavy atom. The van der Waals surface area contributed by atoms with Crippen LogP contribution in [0.3, 0.4) is 0 Å². The number of benzene rings is 1. The Labute approximate surface area is 142 Å². The lowest BCUT2D eigenvalue weighted by Crippen LogP contribution is -2.31. The van der Waals surface area contributed by atoms with E-state index in [1.165, 1.54) is 11.3 Å². The van der Waals surface area contributed by atoms with E-state index in [0.717, 1.165) is 30.9 Å². The van der Waals surface area contributed by atoms with E-state index in [0.29, 0.717) is 23.1 Å². The molecule has 3 heterocycles. The third-order valence-electron chi connectivity index (χ3n) is 3.87. The molecule has 2 N–H and O–H groups in total. The van der Waals surface area contributed by atoms with Crippen molar-refractivity contribution < 1.29 is 19.0 Å². The van der Waals surface area contributed by atoms with Crippen molar-refractivity contribution in [1.82, 2.24) is 10.3 Å². The minimum absolute atomic E-state index is 0.124. The van der Waals surface area contributed by atoms with Crippen LogP contribution in [0.15, 0.2) is 23.6 Å². The predicted octanol–water partition coefficient (Wildman–Crippen LogP) is 2.52. The fraction of sp³-hybridized carbons (Fsp3) is 0.375. The highest BCUT2D eigenvalue weighted by Crippen LogP contribution is 2.35. The third kappa shape index (κ3) is 3.29. The lowest BCUT2D eigenvalue weighted by Gasteiger charge is -2.09. The first-order chi connectivity index (χ1) is 11.8. The Balaban J connectivity index is 1.36. The number of ether oxygens (including phenoxy) is 3. The number of hydrogen-bond donors (Lipinski definition) is 2. The molecule has 0 radical (unpaired) electrons. The zero-order valence-electron chi connectivity index (χ0n) is 12.9. The quantitative estimate of drug-likeness (QED) is 0.865. The van der Waals surface area contributed by atoms with Crippen molar-refractivity contribution in [3.8, 4) is 11.5 Å². The standard InChI is InChI=1S/C16H17N3O4S/c20-15(17-7-11-2-1-5-21-11)12-8-24-16(19-12)18-10-3-4-13-14(6-10)23-9-22-13/h3-4,6,8,11H,1-2,5,7,9H2,(H,17,20)(H,18,19). The van der Waals surface area contributed by atoms with Gasteiger partial charge in [0.05, 0.1) is 6.10 Å². The molecule has 2 aromatic rings. The summed E-state index contributed by atoms with van der Waals surface area (Å²) >= 11 is 1.38. The average molecular weight is 347 g/mol. The highest BCUT2D eigenvalue weighted by atomic mass is 32.1. The van der Waals surface area contributed by atoms with E-state index in [9.17, 15) is 4.79 Å². The van der Waals surface area contributed by atoms with Crippen LogP contribution in [0.5, 0.6) is 11.5 Å². The van der Waals surface area contributed by atoms with E-state index in [4.69, 9.17) is 14.2 Å². The summed E-state index contributed by atoms with van der Waals surface area (Å²) in [6.45, 7) is 1.55. The van der Waals surface area contributed by atoms with Gasteiger partial charge in [-0.25, -0.2) is 4.98 Å². The van der Waals surface area contributed by atoms with Crippen molar-refractivity contribution in [3.05, 3.63) is 29.3 Å². The summed E-state index contributed by atoms with van der Waals surface area (Å²) in [7, 11) is 0. The Kier molecular flexibility index (Phi) is 4.22. The summed E-state index contributed by atoms with van der Waals surface area (Å²) in [5.41, 5.74) is 1.24. The fourth-order valence-electron chi connectivity index (χ4n) is 2.64. The van der Waals surface area contributed by atoms with Gasteiger partial charge in [-0.15, -0.1) is 11.3 Å². The Morgan fingerprint density at radius 2 is 2.25 bits per heavy atom. The van der Waals surface area contributed by atoms with E-state index < -0.39 is 0 Å². The van der Waals surface area contributed by atoms with Gasteiger partial charge in [0, 0.05) is 30.3 Å². The molecule has 24 heavy (non-hydrogen) atoms. The summed E-state index contributed by atoms with van der Waals surface area (Å²) in [4.78, 5) is 16.5. The van der Waals surface area contributed by atoms with Gasteiger partial charge in [0.25, 0.3) is 5.91 Å². The lowest BCUT2D eigenvalue weighted by molar-refractivity contribution is 0.0854. The second-order valence-electron chi connectivity index (χ2n) is 5.58. The van der Waals surface area contributed by atoms with E-state index in [-0.39, 0.29) is 18.8 Å². The second kappa shape index (κ2) is 6.66. The molecule has 8 heteroatoms. The van der Waals surface area contributed by atoms with Crippen molar-refractivity contribution in [2.24, 2.45) is 0 Å². The number of fused-ring (bicyclic) bond motifs is 1. The molecule has 0 spiro atoms. The zero-order valence-corrected chi connectivity index (χ0v) is 13.7. The molecule has 4 rings (SSSR count). The van der Waals surface area contributed by atoms with Crippen LogP contribution in [0.4, 0.5) is 10.8 Å². The second-order valence-corrected chi connectivity index (χ2v) is 6.43. The van der Waals surface area contributed by atoms with Gasteiger partial charge in [0.1, 0.15) is 5.69 Å². The van der Waals surface area contributed by atoms with Gasteiger partial charge in [-0.05, 0) is 25.0 Å². The van der Waals surface area contributed by atoms with Crippen LogP contribution in [-0.4, -0.2) is 36.9 Å². The van der Waals surface area contributed by atoms with Crippen LogP contribution in [0, 0.1) is 0 Å². The van der Waals surface area contributed by atoms with Crippen LogP contribution >= 0.6 is 11.3 Å². The number of amides is 1. The summed E-state index contributed by atoms with van der Waals surface area (Å²) in [5, 5.41) is 8.43. The molecule has 0 aliphatic carbocycles. The summed E-state index contributed by atoms with van der Waals surface area (Å²) in [6, 6.07) is 5.57. The normalized spacial score (nSPS) is 18.6. The SMILES string of the molecule is O=C(NCC1CCCO1)c1csc(Nc2ccc3c(c2)OCO3)n1. The Hall–Kier alpha value is -2.32. The first-order valence-corrected chi connectivity index (χ1v) is 8.68. The van der Waals surface area contributed by atoms with Gasteiger partial charge in [-0.2, -0.15) is 0 Å². The number of carbonyl (C=O) groups is 1. The van der Waals surface area contributed by atoms with Gasteiger partial charge in [0.15, 0.2) is 16.6 Å². The molecule has 1 aromatic carbocycles. The zero-order chi connectivity index (χ0) is 16.4. The van der Waals surface area contributed by atoms with Crippen molar-refractivity contribution in [2.45, 2.75) is 18.9 Å². The van der Waals surface area contributed by atoms with Gasteiger partial charge in [-0.3, -0.25) is 4.79 Å². The van der Waals surface area contributed by atoms with Crippen LogP contribution < -0.4 is 20.1 Å². The van der Waals surface area contributed by atoms with Gasteiger partial charge in [0.2, 0.25) is 6.79 Å². The number of hydrogen-bond acceptors (Lipinski definition) is 7. The number of rotatable bonds is 5. The van der Waals surface area contributed by atoms with Crippen LogP contribution in [0.25, 0.3) is 0 Å². The highest BCUT2D eigenvalue weighted by molar-refractivity contribution is 7.14. The van der Waals surface area contributed by atoms with Crippen LogP contribution in [-0.2, 0) is 4.74 Å². The molecular weight excluding hydrogens is 330 g/mol. The number of aromatic nitrogens is 1. The Morgan fingerprint density at radius 1 is 1.33 bits per heavy atom. The van der Waals surface area contributed by atoms with E-state index in [1.54, 1.807) is 5.38 Å². The maximum absolute atomic E-state index is 12.1. The molecule has 126 valence electrons. The summed E-state index contributed by atoms with van der Waals surface area (Å²) in [6.07, 6.45) is 2.17. The number of thiazole rings is 1. The lowest BCUT2D eigenvalue weighted by atomic mass is 10.2. The van der Waals surface area contributed by atoms with E-state index in [1.807, 2.05) is 18.2 Å². The van der Waals surface area contributed by atoms with E-state index >= 15 is 0 Å². The van der Waals surface area contributed by atoms with Gasteiger partial charge >= 0.3 is 0 Å². The monoisotopic (exact) mass is 347 g/mol. The largest absolute Gasteiger partial charge is 0.454 e. The molecule has 1 atom stereocenters.